The lowest BCUT2D eigenvalue weighted by Crippen LogP contribution is -1.91. The van der Waals surface area contributed by atoms with Crippen LogP contribution in [0.15, 0.2) is 336 Å². The van der Waals surface area contributed by atoms with E-state index in [1.54, 1.807) is 0 Å². The molecule has 0 radical (unpaired) electrons. The molecule has 0 amide bonds. The fourth-order valence-corrected chi connectivity index (χ4v) is 14.4. The van der Waals surface area contributed by atoms with E-state index in [-0.39, 0.29) is 0 Å². The first-order valence-corrected chi connectivity index (χ1v) is 30.9. The number of hydrogen-bond acceptors (Lipinski definition) is 2. The first-order valence-electron chi connectivity index (χ1n) is 30.9. The Bertz CT molecular complexity index is 5990. The van der Waals surface area contributed by atoms with E-state index in [1.165, 1.54) is 142 Å². The molecule has 0 aliphatic heterocycles. The lowest BCUT2D eigenvalue weighted by molar-refractivity contribution is 0.669. The van der Waals surface area contributed by atoms with Crippen molar-refractivity contribution in [2.75, 3.05) is 0 Å². The zero-order valence-corrected chi connectivity index (χ0v) is 49.0. The Kier molecular flexibility index (Phi) is 12.0. The van der Waals surface area contributed by atoms with Gasteiger partial charge in [-0.15, -0.1) is 0 Å². The zero-order valence-electron chi connectivity index (χ0n) is 49.0. The van der Waals surface area contributed by atoms with Crippen molar-refractivity contribution >= 4 is 119 Å². The summed E-state index contributed by atoms with van der Waals surface area (Å²) >= 11 is 0. The SMILES string of the molecule is c1cc(-c2ccc3oc4cc5ccccc5cc4c3c2)cc(-c2c3ccccc3c(-c3ccc4ccccc4c3)c3ccccc23)c1.c1ccc(-c2c3ccccc3c(-c3cccc(-c4ccc5oc6cc7ccccc7cc6c5c4)c3)c3ccccc23)cc1. The topological polar surface area (TPSA) is 26.3 Å². The van der Waals surface area contributed by atoms with Gasteiger partial charge in [0.1, 0.15) is 22.3 Å². The summed E-state index contributed by atoms with van der Waals surface area (Å²) in [7, 11) is 0. The molecule has 418 valence electrons. The molecule has 0 unspecified atom stereocenters. The number of hydrogen-bond donors (Lipinski definition) is 0. The lowest BCUT2D eigenvalue weighted by atomic mass is 9.85. The Morgan fingerprint density at radius 3 is 0.822 bits per heavy atom. The molecule has 0 aliphatic carbocycles. The molecule has 2 nitrogen and oxygen atoms in total. The van der Waals surface area contributed by atoms with Crippen LogP contribution in [0.4, 0.5) is 0 Å². The van der Waals surface area contributed by atoms with Crippen molar-refractivity contribution in [2.45, 2.75) is 0 Å². The second kappa shape index (κ2) is 21.0. The van der Waals surface area contributed by atoms with Crippen LogP contribution >= 0.6 is 0 Å². The van der Waals surface area contributed by atoms with Gasteiger partial charge in [-0.3, -0.25) is 0 Å². The number of furan rings is 2. The predicted octanol–water partition coefficient (Wildman–Crippen LogP) is 25.2. The van der Waals surface area contributed by atoms with E-state index in [2.05, 4.69) is 328 Å². The van der Waals surface area contributed by atoms with E-state index in [9.17, 15) is 0 Å². The molecular formula is C88H54O2. The molecule has 2 heteroatoms. The Labute approximate surface area is 519 Å². The summed E-state index contributed by atoms with van der Waals surface area (Å²) in [6, 6.07) is 119. The van der Waals surface area contributed by atoms with Crippen molar-refractivity contribution in [1.29, 1.82) is 0 Å². The van der Waals surface area contributed by atoms with Gasteiger partial charge < -0.3 is 8.83 Å². The minimum atomic E-state index is 0.913. The number of rotatable bonds is 6. The average molecular weight is 1140 g/mol. The van der Waals surface area contributed by atoms with Gasteiger partial charge in [0.05, 0.1) is 0 Å². The Morgan fingerprint density at radius 1 is 0.133 bits per heavy atom. The number of benzene rings is 17. The molecule has 0 atom stereocenters. The van der Waals surface area contributed by atoms with Crippen molar-refractivity contribution in [3.8, 4) is 66.8 Å². The van der Waals surface area contributed by atoms with Crippen molar-refractivity contribution in [2.24, 2.45) is 0 Å². The fraction of sp³-hybridized carbons (Fsp3) is 0. The molecule has 0 N–H and O–H groups in total. The maximum atomic E-state index is 6.31. The van der Waals surface area contributed by atoms with E-state index >= 15 is 0 Å². The molecule has 17 aromatic carbocycles. The van der Waals surface area contributed by atoms with Crippen molar-refractivity contribution in [3.63, 3.8) is 0 Å². The third-order valence-corrected chi connectivity index (χ3v) is 18.6. The van der Waals surface area contributed by atoms with E-state index in [0.29, 0.717) is 0 Å². The highest BCUT2D eigenvalue weighted by molar-refractivity contribution is 6.24. The van der Waals surface area contributed by atoms with Crippen LogP contribution in [0.25, 0.3) is 186 Å². The van der Waals surface area contributed by atoms with Gasteiger partial charge in [-0.2, -0.15) is 0 Å². The van der Waals surface area contributed by atoms with Crippen molar-refractivity contribution in [1.82, 2.24) is 0 Å². The van der Waals surface area contributed by atoms with Crippen LogP contribution < -0.4 is 0 Å². The first-order chi connectivity index (χ1) is 44.6. The Morgan fingerprint density at radius 2 is 0.411 bits per heavy atom. The van der Waals surface area contributed by atoms with Gasteiger partial charge in [0.2, 0.25) is 0 Å². The Hall–Kier alpha value is -11.8. The second-order valence-electron chi connectivity index (χ2n) is 23.8. The molecule has 19 aromatic rings. The second-order valence-corrected chi connectivity index (χ2v) is 23.8. The van der Waals surface area contributed by atoms with Gasteiger partial charge in [0, 0.05) is 21.5 Å². The fourth-order valence-electron chi connectivity index (χ4n) is 14.4. The predicted molar refractivity (Wildman–Crippen MR) is 383 cm³/mol. The molecule has 19 rings (SSSR count). The molecule has 0 spiro atoms. The maximum absolute atomic E-state index is 6.31. The molecule has 0 aliphatic rings. The van der Waals surface area contributed by atoms with Crippen LogP contribution in [0.2, 0.25) is 0 Å². The number of fused-ring (bicyclic) bond motifs is 13. The van der Waals surface area contributed by atoms with Crippen molar-refractivity contribution in [3.05, 3.63) is 328 Å². The molecule has 2 aromatic heterocycles. The van der Waals surface area contributed by atoms with Gasteiger partial charge in [-0.1, -0.05) is 261 Å². The molecular weight excluding hydrogens is 1090 g/mol. The summed E-state index contributed by atoms with van der Waals surface area (Å²) in [5.41, 5.74) is 18.4. The zero-order chi connectivity index (χ0) is 59.2. The molecule has 0 saturated carbocycles. The minimum Gasteiger partial charge on any atom is -0.456 e. The van der Waals surface area contributed by atoms with E-state index < -0.39 is 0 Å². The van der Waals surface area contributed by atoms with Gasteiger partial charge in [-0.25, -0.2) is 0 Å². The summed E-state index contributed by atoms with van der Waals surface area (Å²) < 4.78 is 12.6. The van der Waals surface area contributed by atoms with Crippen LogP contribution in [-0.2, 0) is 0 Å². The van der Waals surface area contributed by atoms with Crippen molar-refractivity contribution < 1.29 is 8.83 Å². The first kappa shape index (κ1) is 51.4. The Balaban J connectivity index is 0.000000134. The lowest BCUT2D eigenvalue weighted by Gasteiger charge is -2.18. The molecule has 0 saturated heterocycles. The van der Waals surface area contributed by atoms with E-state index in [0.717, 1.165) is 43.9 Å². The molecule has 0 fully saturated rings. The highest BCUT2D eigenvalue weighted by Gasteiger charge is 2.20. The molecule has 0 bridgehead atoms. The van der Waals surface area contributed by atoms with Crippen LogP contribution in [-0.4, -0.2) is 0 Å². The smallest absolute Gasteiger partial charge is 0.136 e. The minimum absolute atomic E-state index is 0.913. The summed E-state index contributed by atoms with van der Waals surface area (Å²) in [6.07, 6.45) is 0. The van der Waals surface area contributed by atoms with E-state index in [4.69, 9.17) is 8.83 Å². The third-order valence-electron chi connectivity index (χ3n) is 18.6. The normalized spacial score (nSPS) is 11.8. The van der Waals surface area contributed by atoms with Gasteiger partial charge in [0.15, 0.2) is 0 Å². The highest BCUT2D eigenvalue weighted by Crippen LogP contribution is 2.47. The standard InChI is InChI=1S/C46H28O.C42H26O/c1-2-11-30-24-36(21-20-29(30)10-1)46-39-18-7-5-16-37(39)45(38-17-6-8-19-40(38)46)35-15-9-14-31(25-35)34-22-23-43-41(27-34)42-26-32-12-3-4-13-33(32)28-44(42)47-43;1-2-11-27(12-3-1)41-33-17-6-8-19-35(33)42(36-20-9-7-18-34(36)41)32-16-10-15-28(23-32)31-21-22-39-37(25-31)38-24-29-13-4-5-14-30(29)26-40(38)43-39/h1-28H;1-26H. The van der Waals surface area contributed by atoms with Gasteiger partial charge in [-0.05, 0) is 209 Å². The monoisotopic (exact) mass is 1140 g/mol. The van der Waals surface area contributed by atoms with Crippen LogP contribution in [0.1, 0.15) is 0 Å². The van der Waals surface area contributed by atoms with Crippen LogP contribution in [0, 0.1) is 0 Å². The van der Waals surface area contributed by atoms with E-state index in [1.807, 2.05) is 0 Å². The molecule has 2 heterocycles. The summed E-state index contributed by atoms with van der Waals surface area (Å²) in [5.74, 6) is 0. The van der Waals surface area contributed by atoms with Crippen LogP contribution in [0.3, 0.4) is 0 Å². The quantitative estimate of drug-likeness (QED) is 0.155. The van der Waals surface area contributed by atoms with Gasteiger partial charge >= 0.3 is 0 Å². The highest BCUT2D eigenvalue weighted by atomic mass is 16.3. The summed E-state index contributed by atoms with van der Waals surface area (Å²) in [5, 5.41) is 22.1. The largest absolute Gasteiger partial charge is 0.456 e. The van der Waals surface area contributed by atoms with Crippen LogP contribution in [0.5, 0.6) is 0 Å². The average Bonchev–Trinajstić information content (AvgIpc) is 1.14. The summed E-state index contributed by atoms with van der Waals surface area (Å²) in [4.78, 5) is 0. The molecule has 90 heavy (non-hydrogen) atoms. The maximum Gasteiger partial charge on any atom is 0.136 e. The van der Waals surface area contributed by atoms with Gasteiger partial charge in [0.25, 0.3) is 0 Å². The third kappa shape index (κ3) is 8.56. The summed E-state index contributed by atoms with van der Waals surface area (Å²) in [6.45, 7) is 0.